The van der Waals surface area contributed by atoms with Crippen LogP contribution in [0.4, 0.5) is 14.9 Å². The Morgan fingerprint density at radius 3 is 2.52 bits per heavy atom. The quantitative estimate of drug-likeness (QED) is 0.889. The van der Waals surface area contributed by atoms with Crippen LogP contribution in [-0.2, 0) is 0 Å². The van der Waals surface area contributed by atoms with Gasteiger partial charge in [-0.15, -0.1) is 11.8 Å². The van der Waals surface area contributed by atoms with Crippen LogP contribution in [0, 0.1) is 5.82 Å². The Kier molecular flexibility index (Phi) is 5.33. The zero-order chi connectivity index (χ0) is 17.8. The first kappa shape index (κ1) is 17.4. The lowest BCUT2D eigenvalue weighted by Crippen LogP contribution is -2.34. The van der Waals surface area contributed by atoms with Gasteiger partial charge in [-0.25, -0.2) is 9.18 Å². The molecule has 1 fully saturated rings. The SMILES string of the molecule is COc1cc(NC(=O)N2CCSC2c2ccccc2F)cc(OC)c1. The van der Waals surface area contributed by atoms with Crippen LogP contribution >= 0.6 is 11.8 Å². The van der Waals surface area contributed by atoms with Crippen LogP contribution in [0.5, 0.6) is 11.5 Å². The summed E-state index contributed by atoms with van der Waals surface area (Å²) in [6, 6.07) is 11.4. The van der Waals surface area contributed by atoms with Gasteiger partial charge >= 0.3 is 6.03 Å². The molecule has 0 spiro atoms. The van der Waals surface area contributed by atoms with Gasteiger partial charge in [0.2, 0.25) is 0 Å². The van der Waals surface area contributed by atoms with Crippen molar-refractivity contribution in [1.29, 1.82) is 0 Å². The monoisotopic (exact) mass is 362 g/mol. The van der Waals surface area contributed by atoms with Crippen molar-refractivity contribution >= 4 is 23.5 Å². The van der Waals surface area contributed by atoms with Gasteiger partial charge in [-0.1, -0.05) is 18.2 Å². The summed E-state index contributed by atoms with van der Waals surface area (Å²) in [6.07, 6.45) is 0. The third-order valence-electron chi connectivity index (χ3n) is 3.93. The number of benzene rings is 2. The maximum atomic E-state index is 14.1. The van der Waals surface area contributed by atoms with Gasteiger partial charge in [0.1, 0.15) is 22.7 Å². The van der Waals surface area contributed by atoms with E-state index in [1.54, 1.807) is 67.3 Å². The molecular formula is C18H19FN2O3S. The minimum atomic E-state index is -0.339. The van der Waals surface area contributed by atoms with Crippen LogP contribution in [0.2, 0.25) is 0 Å². The molecule has 7 heteroatoms. The van der Waals surface area contributed by atoms with Gasteiger partial charge in [0.05, 0.1) is 14.2 Å². The Hall–Kier alpha value is -2.41. The number of amides is 2. The van der Waals surface area contributed by atoms with E-state index in [4.69, 9.17) is 9.47 Å². The molecular weight excluding hydrogens is 343 g/mol. The molecule has 1 atom stereocenters. The number of urea groups is 1. The number of halogens is 1. The minimum absolute atomic E-state index is 0.284. The van der Waals surface area contributed by atoms with Crippen LogP contribution in [0.3, 0.4) is 0 Å². The number of hydrogen-bond acceptors (Lipinski definition) is 4. The summed E-state index contributed by atoms with van der Waals surface area (Å²) in [5.41, 5.74) is 1.08. The number of thioether (sulfide) groups is 1. The van der Waals surface area contributed by atoms with Gasteiger partial charge in [-0.05, 0) is 6.07 Å². The number of rotatable bonds is 4. The third kappa shape index (κ3) is 3.82. The van der Waals surface area contributed by atoms with Gasteiger partial charge in [0.15, 0.2) is 0 Å². The van der Waals surface area contributed by atoms with E-state index in [2.05, 4.69) is 5.32 Å². The summed E-state index contributed by atoms with van der Waals surface area (Å²) in [5, 5.41) is 2.50. The fourth-order valence-electron chi connectivity index (χ4n) is 2.69. The van der Waals surface area contributed by atoms with Gasteiger partial charge in [0.25, 0.3) is 0 Å². The molecule has 25 heavy (non-hydrogen) atoms. The molecule has 2 aromatic rings. The van der Waals surface area contributed by atoms with Crippen LogP contribution < -0.4 is 14.8 Å². The number of nitrogens with zero attached hydrogens (tertiary/aromatic N) is 1. The van der Waals surface area contributed by atoms with Crippen molar-refractivity contribution in [2.45, 2.75) is 5.37 Å². The normalized spacial score (nSPS) is 16.6. The van der Waals surface area contributed by atoms with Crippen molar-refractivity contribution in [2.24, 2.45) is 0 Å². The highest BCUT2D eigenvalue weighted by atomic mass is 32.2. The number of anilines is 1. The number of methoxy groups -OCH3 is 2. The van der Waals surface area contributed by atoms with Crippen LogP contribution in [0.1, 0.15) is 10.9 Å². The second-order valence-corrected chi connectivity index (χ2v) is 6.66. The first-order valence-corrected chi connectivity index (χ1v) is 8.84. The molecule has 0 radical (unpaired) electrons. The molecule has 3 rings (SSSR count). The Labute approximate surface area is 150 Å². The second-order valence-electron chi connectivity index (χ2n) is 5.47. The largest absolute Gasteiger partial charge is 0.497 e. The number of carbonyl (C=O) groups excluding carboxylic acids is 1. The molecule has 0 aromatic heterocycles. The first-order chi connectivity index (χ1) is 12.1. The zero-order valence-corrected chi connectivity index (χ0v) is 14.8. The van der Waals surface area contributed by atoms with E-state index >= 15 is 0 Å². The maximum absolute atomic E-state index is 14.1. The summed E-state index contributed by atoms with van der Waals surface area (Å²) in [7, 11) is 3.09. The Morgan fingerprint density at radius 2 is 1.88 bits per heavy atom. The molecule has 5 nitrogen and oxygen atoms in total. The predicted molar refractivity (Wildman–Crippen MR) is 96.9 cm³/mol. The molecule has 132 valence electrons. The summed E-state index contributed by atoms with van der Waals surface area (Å²) in [4.78, 5) is 14.3. The highest BCUT2D eigenvalue weighted by molar-refractivity contribution is 7.99. The van der Waals surface area contributed by atoms with Crippen LogP contribution in [-0.4, -0.2) is 37.4 Å². The van der Waals surface area contributed by atoms with Gasteiger partial charge in [-0.2, -0.15) is 0 Å². The van der Waals surface area contributed by atoms with Crippen molar-refractivity contribution in [3.8, 4) is 11.5 Å². The van der Waals surface area contributed by atoms with Crippen molar-refractivity contribution in [1.82, 2.24) is 4.90 Å². The highest BCUT2D eigenvalue weighted by Crippen LogP contribution is 2.39. The molecule has 1 saturated heterocycles. The van der Waals surface area contributed by atoms with E-state index in [9.17, 15) is 9.18 Å². The predicted octanol–water partition coefficient (Wildman–Crippen LogP) is 4.12. The Balaban J connectivity index is 1.80. The standard InChI is InChI=1S/C18H19FN2O3S/c1-23-13-9-12(10-14(11-13)24-2)20-18(22)21-7-8-25-17(21)15-5-3-4-6-16(15)19/h3-6,9-11,17H,7-8H2,1-2H3,(H,20,22). The van der Waals surface area contributed by atoms with Crippen LogP contribution in [0.25, 0.3) is 0 Å². The number of nitrogens with one attached hydrogen (secondary N) is 1. The van der Waals surface area contributed by atoms with Gasteiger partial charge < -0.3 is 19.7 Å². The fraction of sp³-hybridized carbons (Fsp3) is 0.278. The molecule has 2 amide bonds. The van der Waals surface area contributed by atoms with Crippen molar-refractivity contribution in [2.75, 3.05) is 31.8 Å². The molecule has 1 heterocycles. The van der Waals surface area contributed by atoms with Crippen molar-refractivity contribution < 1.29 is 18.7 Å². The molecule has 2 aromatic carbocycles. The van der Waals surface area contributed by atoms with E-state index in [1.807, 2.05) is 0 Å². The van der Waals surface area contributed by atoms with Crippen molar-refractivity contribution in [3.05, 3.63) is 53.8 Å². The lowest BCUT2D eigenvalue weighted by Gasteiger charge is -2.25. The first-order valence-electron chi connectivity index (χ1n) is 7.79. The van der Waals surface area contributed by atoms with Gasteiger partial charge in [-0.3, -0.25) is 0 Å². The van der Waals surface area contributed by atoms with E-state index in [1.165, 1.54) is 6.07 Å². The smallest absolute Gasteiger partial charge is 0.323 e. The molecule has 1 unspecified atom stereocenters. The molecule has 0 saturated carbocycles. The average Bonchev–Trinajstić information content (AvgIpc) is 3.11. The number of ether oxygens (including phenoxy) is 2. The molecule has 0 bridgehead atoms. The number of carbonyl (C=O) groups is 1. The Bertz CT molecular complexity index is 749. The van der Waals surface area contributed by atoms with Crippen molar-refractivity contribution in [3.63, 3.8) is 0 Å². The minimum Gasteiger partial charge on any atom is -0.497 e. The lowest BCUT2D eigenvalue weighted by molar-refractivity contribution is 0.213. The zero-order valence-electron chi connectivity index (χ0n) is 14.0. The third-order valence-corrected chi connectivity index (χ3v) is 5.17. The number of hydrogen-bond donors (Lipinski definition) is 1. The topological polar surface area (TPSA) is 50.8 Å². The fourth-order valence-corrected chi connectivity index (χ4v) is 3.96. The van der Waals surface area contributed by atoms with Crippen LogP contribution in [0.15, 0.2) is 42.5 Å². The summed E-state index contributed by atoms with van der Waals surface area (Å²) < 4.78 is 24.5. The summed E-state index contributed by atoms with van der Waals surface area (Å²) in [6.45, 7) is 0.552. The molecule has 1 aliphatic heterocycles. The average molecular weight is 362 g/mol. The van der Waals surface area contributed by atoms with E-state index in [-0.39, 0.29) is 17.2 Å². The van der Waals surface area contributed by atoms with E-state index in [0.29, 0.717) is 29.3 Å². The van der Waals surface area contributed by atoms with Gasteiger partial charge in [0, 0.05) is 41.7 Å². The second kappa shape index (κ2) is 7.65. The Morgan fingerprint density at radius 1 is 1.20 bits per heavy atom. The summed E-state index contributed by atoms with van der Waals surface area (Å²) in [5.74, 6) is 1.61. The maximum Gasteiger partial charge on any atom is 0.323 e. The molecule has 0 aliphatic carbocycles. The lowest BCUT2D eigenvalue weighted by atomic mass is 10.2. The highest BCUT2D eigenvalue weighted by Gasteiger charge is 2.32. The molecule has 1 aliphatic rings. The van der Waals surface area contributed by atoms with E-state index < -0.39 is 0 Å². The van der Waals surface area contributed by atoms with E-state index in [0.717, 1.165) is 5.75 Å². The molecule has 1 N–H and O–H groups in total. The summed E-state index contributed by atoms with van der Waals surface area (Å²) >= 11 is 1.55.